The lowest BCUT2D eigenvalue weighted by molar-refractivity contribution is -0.127. The van der Waals surface area contributed by atoms with Crippen molar-refractivity contribution in [1.82, 2.24) is 10.2 Å². The monoisotopic (exact) mass is 224 g/mol. The zero-order valence-corrected chi connectivity index (χ0v) is 10.0. The number of nitrogens with one attached hydrogen (secondary N) is 1. The maximum Gasteiger partial charge on any atom is 0.220 e. The summed E-state index contributed by atoms with van der Waals surface area (Å²) in [6, 6.07) is 0.371. The van der Waals surface area contributed by atoms with E-state index < -0.39 is 0 Å². The van der Waals surface area contributed by atoms with Gasteiger partial charge in [0, 0.05) is 25.6 Å². The molecular formula is C12H20N2O2. The van der Waals surface area contributed by atoms with Gasteiger partial charge in [-0.15, -0.1) is 0 Å². The average molecular weight is 224 g/mol. The Morgan fingerprint density at radius 3 is 2.94 bits per heavy atom. The molecule has 2 fully saturated rings. The molecule has 0 aromatic rings. The van der Waals surface area contributed by atoms with Crippen LogP contribution >= 0.6 is 0 Å². The predicted octanol–water partition coefficient (Wildman–Crippen LogP) is 0.564. The van der Waals surface area contributed by atoms with Crippen LogP contribution in [0.1, 0.15) is 33.1 Å². The predicted molar refractivity (Wildman–Crippen MR) is 61.0 cm³/mol. The van der Waals surface area contributed by atoms with Crippen LogP contribution in [0.5, 0.6) is 0 Å². The van der Waals surface area contributed by atoms with Crippen molar-refractivity contribution in [2.45, 2.75) is 45.2 Å². The van der Waals surface area contributed by atoms with Crippen LogP contribution < -0.4 is 5.32 Å². The first-order chi connectivity index (χ1) is 7.58. The van der Waals surface area contributed by atoms with Gasteiger partial charge in [0.25, 0.3) is 0 Å². The summed E-state index contributed by atoms with van der Waals surface area (Å²) < 4.78 is 0. The average Bonchev–Trinajstić information content (AvgIpc) is 2.27. The Bertz CT molecular complexity index is 303. The van der Waals surface area contributed by atoms with Gasteiger partial charge in [-0.1, -0.05) is 0 Å². The number of rotatable bonds is 2. The fraction of sp³-hybridized carbons (Fsp3) is 0.833. The Labute approximate surface area is 96.4 Å². The highest BCUT2D eigenvalue weighted by atomic mass is 16.1. The van der Waals surface area contributed by atoms with Crippen molar-refractivity contribution in [3.8, 4) is 0 Å². The third kappa shape index (κ3) is 2.26. The molecule has 0 aliphatic carbocycles. The smallest absolute Gasteiger partial charge is 0.220 e. The lowest BCUT2D eigenvalue weighted by Crippen LogP contribution is -2.56. The second-order valence-corrected chi connectivity index (χ2v) is 5.04. The summed E-state index contributed by atoms with van der Waals surface area (Å²) in [5.41, 5.74) is 0. The Hall–Kier alpha value is -0.900. The second kappa shape index (κ2) is 4.53. The summed E-state index contributed by atoms with van der Waals surface area (Å²) in [6.07, 6.45) is 2.59. The Balaban J connectivity index is 1.95. The third-order valence-electron chi connectivity index (χ3n) is 3.99. The molecule has 4 nitrogen and oxygen atoms in total. The van der Waals surface area contributed by atoms with Crippen LogP contribution in [0, 0.1) is 5.92 Å². The Morgan fingerprint density at radius 2 is 2.25 bits per heavy atom. The van der Waals surface area contributed by atoms with Gasteiger partial charge in [0.05, 0.1) is 6.04 Å². The van der Waals surface area contributed by atoms with Crippen molar-refractivity contribution in [2.75, 3.05) is 13.1 Å². The molecule has 0 bridgehead atoms. The molecule has 2 aliphatic heterocycles. The van der Waals surface area contributed by atoms with E-state index >= 15 is 0 Å². The number of nitrogens with zero attached hydrogens (tertiary/aromatic N) is 1. The first kappa shape index (κ1) is 11.6. The van der Waals surface area contributed by atoms with E-state index in [0.717, 1.165) is 25.9 Å². The molecule has 0 saturated carbocycles. The lowest BCUT2D eigenvalue weighted by atomic mass is 9.84. The second-order valence-electron chi connectivity index (χ2n) is 5.04. The van der Waals surface area contributed by atoms with Crippen LogP contribution in [-0.4, -0.2) is 41.8 Å². The van der Waals surface area contributed by atoms with Crippen molar-refractivity contribution in [3.63, 3.8) is 0 Å². The zero-order valence-electron chi connectivity index (χ0n) is 10.0. The van der Waals surface area contributed by atoms with Crippen LogP contribution in [0.4, 0.5) is 0 Å². The minimum absolute atomic E-state index is 0.0265. The highest BCUT2D eigenvalue weighted by molar-refractivity contribution is 5.81. The molecule has 1 amide bonds. The van der Waals surface area contributed by atoms with E-state index in [1.165, 1.54) is 0 Å². The van der Waals surface area contributed by atoms with E-state index in [2.05, 4.69) is 10.2 Å². The minimum Gasteiger partial charge on any atom is -0.353 e. The molecule has 2 heterocycles. The van der Waals surface area contributed by atoms with Gasteiger partial charge >= 0.3 is 0 Å². The van der Waals surface area contributed by atoms with Gasteiger partial charge in [-0.25, -0.2) is 0 Å². The van der Waals surface area contributed by atoms with Crippen LogP contribution in [-0.2, 0) is 9.59 Å². The van der Waals surface area contributed by atoms with E-state index in [1.807, 2.05) is 6.92 Å². The maximum absolute atomic E-state index is 11.3. The number of ketones is 1. The number of likely N-dealkylation sites (tertiary alicyclic amines) is 1. The van der Waals surface area contributed by atoms with Gasteiger partial charge < -0.3 is 5.32 Å². The third-order valence-corrected chi connectivity index (χ3v) is 3.99. The molecule has 0 radical (unpaired) electrons. The van der Waals surface area contributed by atoms with Gasteiger partial charge in [-0.2, -0.15) is 0 Å². The van der Waals surface area contributed by atoms with Crippen LogP contribution in [0.25, 0.3) is 0 Å². The van der Waals surface area contributed by atoms with Crippen molar-refractivity contribution in [2.24, 2.45) is 5.92 Å². The fourth-order valence-electron chi connectivity index (χ4n) is 2.75. The summed E-state index contributed by atoms with van der Waals surface area (Å²) in [5.74, 6) is 0.959. The van der Waals surface area contributed by atoms with Crippen LogP contribution in [0.3, 0.4) is 0 Å². The normalized spacial score (nSPS) is 32.8. The molecule has 2 aliphatic rings. The molecule has 0 aromatic heterocycles. The van der Waals surface area contributed by atoms with E-state index in [-0.39, 0.29) is 17.7 Å². The van der Waals surface area contributed by atoms with Crippen molar-refractivity contribution < 1.29 is 9.59 Å². The maximum atomic E-state index is 11.3. The first-order valence-electron chi connectivity index (χ1n) is 6.12. The summed E-state index contributed by atoms with van der Waals surface area (Å²) >= 11 is 0. The molecule has 90 valence electrons. The summed E-state index contributed by atoms with van der Waals surface area (Å²) in [4.78, 5) is 24.9. The molecule has 2 saturated heterocycles. The first-order valence-corrected chi connectivity index (χ1v) is 6.12. The summed E-state index contributed by atoms with van der Waals surface area (Å²) in [6.45, 7) is 5.50. The standard InChI is InChI=1S/C12H20N2O2/c1-8(9(2)15)14-6-5-11-10(7-14)3-4-12(16)13-11/h8,10-11H,3-7H2,1-2H3,(H,13,16). The molecule has 4 heteroatoms. The quantitative estimate of drug-likeness (QED) is 0.746. The van der Waals surface area contributed by atoms with E-state index in [0.29, 0.717) is 18.4 Å². The SMILES string of the molecule is CC(=O)C(C)N1CCC2NC(=O)CCC2C1. The van der Waals surface area contributed by atoms with E-state index in [4.69, 9.17) is 0 Å². The number of hydrogen-bond acceptors (Lipinski definition) is 3. The van der Waals surface area contributed by atoms with Crippen LogP contribution in [0.15, 0.2) is 0 Å². The number of carbonyl (C=O) groups is 2. The Morgan fingerprint density at radius 1 is 1.50 bits per heavy atom. The lowest BCUT2D eigenvalue weighted by Gasteiger charge is -2.43. The number of Topliss-reactive ketones (excluding diaryl/α,β-unsaturated/α-hetero) is 1. The van der Waals surface area contributed by atoms with Crippen LogP contribution in [0.2, 0.25) is 0 Å². The van der Waals surface area contributed by atoms with Gasteiger partial charge in [0.1, 0.15) is 5.78 Å². The topological polar surface area (TPSA) is 49.4 Å². The van der Waals surface area contributed by atoms with Crippen molar-refractivity contribution in [3.05, 3.63) is 0 Å². The van der Waals surface area contributed by atoms with Crippen molar-refractivity contribution in [1.29, 1.82) is 0 Å². The molecular weight excluding hydrogens is 204 g/mol. The highest BCUT2D eigenvalue weighted by Crippen LogP contribution is 2.26. The zero-order chi connectivity index (χ0) is 11.7. The van der Waals surface area contributed by atoms with E-state index in [1.54, 1.807) is 6.92 Å². The molecule has 2 rings (SSSR count). The summed E-state index contributed by atoms with van der Waals surface area (Å²) in [7, 11) is 0. The van der Waals surface area contributed by atoms with Gasteiger partial charge in [0.2, 0.25) is 5.91 Å². The molecule has 3 atom stereocenters. The molecule has 0 spiro atoms. The molecule has 3 unspecified atom stereocenters. The number of fused-ring (bicyclic) bond motifs is 1. The molecule has 1 N–H and O–H groups in total. The highest BCUT2D eigenvalue weighted by Gasteiger charge is 2.35. The van der Waals surface area contributed by atoms with E-state index in [9.17, 15) is 9.59 Å². The van der Waals surface area contributed by atoms with Gasteiger partial charge in [-0.05, 0) is 32.6 Å². The number of carbonyl (C=O) groups excluding carboxylic acids is 2. The minimum atomic E-state index is 0.0265. The largest absolute Gasteiger partial charge is 0.353 e. The van der Waals surface area contributed by atoms with Gasteiger partial charge in [0.15, 0.2) is 0 Å². The number of hydrogen-bond donors (Lipinski definition) is 1. The molecule has 0 aromatic carbocycles. The van der Waals surface area contributed by atoms with Crippen molar-refractivity contribution >= 4 is 11.7 Å². The summed E-state index contributed by atoms with van der Waals surface area (Å²) in [5, 5.41) is 3.06. The Kier molecular flexibility index (Phi) is 3.28. The fourth-order valence-corrected chi connectivity index (χ4v) is 2.75. The molecule has 16 heavy (non-hydrogen) atoms. The number of amides is 1. The number of piperidine rings is 2. The van der Waals surface area contributed by atoms with Gasteiger partial charge in [-0.3, -0.25) is 14.5 Å².